The summed E-state index contributed by atoms with van der Waals surface area (Å²) in [6.07, 6.45) is 6.43. The smallest absolute Gasteiger partial charge is 0.211 e. The Morgan fingerprint density at radius 2 is 2.12 bits per heavy atom. The number of piperidine rings is 1. The summed E-state index contributed by atoms with van der Waals surface area (Å²) in [7, 11) is -3.04. The first-order valence-corrected chi connectivity index (χ1v) is 8.25. The first-order chi connectivity index (χ1) is 7.93. The Hall–Kier alpha value is -0.420. The van der Waals surface area contributed by atoms with Gasteiger partial charge in [-0.05, 0) is 31.6 Å². The van der Waals surface area contributed by atoms with Crippen LogP contribution in [0.2, 0.25) is 0 Å². The first-order valence-electron chi connectivity index (χ1n) is 6.40. The zero-order chi connectivity index (χ0) is 12.9. The van der Waals surface area contributed by atoms with Crippen molar-refractivity contribution in [3.05, 3.63) is 0 Å². The van der Waals surface area contributed by atoms with Crippen molar-refractivity contribution in [2.45, 2.75) is 45.4 Å². The van der Waals surface area contributed by atoms with Crippen molar-refractivity contribution in [3.63, 3.8) is 0 Å². The topological polar surface area (TPSA) is 54.5 Å². The highest BCUT2D eigenvalue weighted by molar-refractivity contribution is 7.88. The van der Waals surface area contributed by atoms with Gasteiger partial charge in [0.25, 0.3) is 0 Å². The molecule has 0 aromatic heterocycles. The number of Topliss-reactive ketones (excluding diaryl/α,β-unsaturated/α-hetero) is 1. The summed E-state index contributed by atoms with van der Waals surface area (Å²) in [6.45, 7) is 3.18. The monoisotopic (exact) mass is 261 g/mol. The van der Waals surface area contributed by atoms with E-state index in [-0.39, 0.29) is 0 Å². The van der Waals surface area contributed by atoms with Crippen LogP contribution in [-0.2, 0) is 14.8 Å². The summed E-state index contributed by atoms with van der Waals surface area (Å²) in [6, 6.07) is 0. The van der Waals surface area contributed by atoms with Gasteiger partial charge in [-0.1, -0.05) is 6.92 Å². The molecule has 0 saturated carbocycles. The van der Waals surface area contributed by atoms with Crippen molar-refractivity contribution in [1.29, 1.82) is 0 Å². The van der Waals surface area contributed by atoms with Crippen LogP contribution in [0.1, 0.15) is 45.4 Å². The van der Waals surface area contributed by atoms with Gasteiger partial charge < -0.3 is 0 Å². The molecule has 1 heterocycles. The van der Waals surface area contributed by atoms with E-state index in [9.17, 15) is 13.2 Å². The number of carbonyl (C=O) groups excluding carboxylic acids is 1. The van der Waals surface area contributed by atoms with Gasteiger partial charge in [-0.3, -0.25) is 4.79 Å². The van der Waals surface area contributed by atoms with E-state index in [2.05, 4.69) is 0 Å². The summed E-state index contributed by atoms with van der Waals surface area (Å²) in [5.74, 6) is 0.740. The first kappa shape index (κ1) is 14.6. The van der Waals surface area contributed by atoms with Gasteiger partial charge in [-0.2, -0.15) is 0 Å². The van der Waals surface area contributed by atoms with Crippen LogP contribution in [0.25, 0.3) is 0 Å². The van der Waals surface area contributed by atoms with Gasteiger partial charge in [0.2, 0.25) is 10.0 Å². The normalized spacial score (nSPS) is 22.6. The Balaban J connectivity index is 2.33. The van der Waals surface area contributed by atoms with Crippen LogP contribution in [0.3, 0.4) is 0 Å². The second kappa shape index (κ2) is 6.50. The Bertz CT molecular complexity index is 351. The fraction of sp³-hybridized carbons (Fsp3) is 0.917. The third-order valence-corrected chi connectivity index (χ3v) is 4.68. The van der Waals surface area contributed by atoms with E-state index < -0.39 is 10.0 Å². The molecule has 0 aromatic rings. The molecule has 0 radical (unpaired) electrons. The van der Waals surface area contributed by atoms with Crippen LogP contribution in [0.4, 0.5) is 0 Å². The molecule has 1 unspecified atom stereocenters. The van der Waals surface area contributed by atoms with Crippen LogP contribution >= 0.6 is 0 Å². The van der Waals surface area contributed by atoms with Crippen LogP contribution < -0.4 is 0 Å². The van der Waals surface area contributed by atoms with Gasteiger partial charge in [0.05, 0.1) is 6.26 Å². The minimum atomic E-state index is -3.04. The minimum Gasteiger partial charge on any atom is -0.300 e. The molecule has 1 aliphatic rings. The second-order valence-electron chi connectivity index (χ2n) is 4.91. The molecular weight excluding hydrogens is 238 g/mol. The van der Waals surface area contributed by atoms with Crippen LogP contribution in [0.5, 0.6) is 0 Å². The molecule has 0 amide bonds. The molecular formula is C12H23NO3S. The third kappa shape index (κ3) is 5.17. The molecule has 5 heteroatoms. The van der Waals surface area contributed by atoms with E-state index in [0.717, 1.165) is 25.7 Å². The van der Waals surface area contributed by atoms with E-state index in [1.54, 1.807) is 4.31 Å². The molecule has 0 aliphatic carbocycles. The number of hydrogen-bond donors (Lipinski definition) is 0. The van der Waals surface area contributed by atoms with Gasteiger partial charge in [0.1, 0.15) is 5.78 Å². The Morgan fingerprint density at radius 1 is 1.41 bits per heavy atom. The molecule has 17 heavy (non-hydrogen) atoms. The molecule has 1 rings (SSSR count). The maximum Gasteiger partial charge on any atom is 0.211 e. The van der Waals surface area contributed by atoms with Gasteiger partial charge in [-0.25, -0.2) is 12.7 Å². The molecule has 0 spiro atoms. The summed E-state index contributed by atoms with van der Waals surface area (Å²) >= 11 is 0. The predicted octanol–water partition coefficient (Wildman–Crippen LogP) is 1.81. The molecule has 1 aliphatic heterocycles. The van der Waals surface area contributed by atoms with Crippen LogP contribution in [-0.4, -0.2) is 37.9 Å². The van der Waals surface area contributed by atoms with Crippen molar-refractivity contribution in [2.24, 2.45) is 5.92 Å². The largest absolute Gasteiger partial charge is 0.300 e. The Morgan fingerprint density at radius 3 is 2.71 bits per heavy atom. The molecule has 1 fully saturated rings. The summed E-state index contributed by atoms with van der Waals surface area (Å²) < 4.78 is 24.4. The van der Waals surface area contributed by atoms with E-state index in [1.807, 2.05) is 6.92 Å². The standard InChI is InChI=1S/C12H23NO3S/c1-3-12(14)8-4-6-11-7-5-9-13(10-11)17(2,15)16/h11H,3-10H2,1-2H3. The average molecular weight is 261 g/mol. The molecule has 100 valence electrons. The van der Waals surface area contributed by atoms with Crippen LogP contribution in [0, 0.1) is 5.92 Å². The van der Waals surface area contributed by atoms with Crippen molar-refractivity contribution in [1.82, 2.24) is 4.31 Å². The molecule has 0 bridgehead atoms. The number of nitrogens with zero attached hydrogens (tertiary/aromatic N) is 1. The van der Waals surface area contributed by atoms with Crippen molar-refractivity contribution in [3.8, 4) is 0 Å². The van der Waals surface area contributed by atoms with E-state index >= 15 is 0 Å². The minimum absolute atomic E-state index is 0.306. The SMILES string of the molecule is CCC(=O)CCCC1CCCN(S(C)(=O)=O)C1. The highest BCUT2D eigenvalue weighted by Gasteiger charge is 2.25. The number of sulfonamides is 1. The van der Waals surface area contributed by atoms with Gasteiger partial charge in [0.15, 0.2) is 0 Å². The van der Waals surface area contributed by atoms with Crippen molar-refractivity contribution >= 4 is 15.8 Å². The molecule has 0 aromatic carbocycles. The molecule has 4 nitrogen and oxygen atoms in total. The fourth-order valence-corrected chi connectivity index (χ4v) is 3.27. The summed E-state index contributed by atoms with van der Waals surface area (Å²) in [4.78, 5) is 11.2. The highest BCUT2D eigenvalue weighted by atomic mass is 32.2. The van der Waals surface area contributed by atoms with Crippen LogP contribution in [0.15, 0.2) is 0 Å². The lowest BCUT2D eigenvalue weighted by Gasteiger charge is -2.30. The predicted molar refractivity (Wildman–Crippen MR) is 68.3 cm³/mol. The number of rotatable bonds is 6. The molecule has 1 atom stereocenters. The Labute approximate surface area is 104 Å². The van der Waals surface area contributed by atoms with Gasteiger partial charge >= 0.3 is 0 Å². The third-order valence-electron chi connectivity index (χ3n) is 3.41. The maximum atomic E-state index is 11.4. The lowest BCUT2D eigenvalue weighted by molar-refractivity contribution is -0.118. The number of hydrogen-bond acceptors (Lipinski definition) is 3. The Kier molecular flexibility index (Phi) is 5.59. The lowest BCUT2D eigenvalue weighted by Crippen LogP contribution is -2.39. The van der Waals surface area contributed by atoms with Crippen molar-refractivity contribution in [2.75, 3.05) is 19.3 Å². The number of carbonyl (C=O) groups is 1. The van der Waals surface area contributed by atoms with E-state index in [0.29, 0.717) is 37.6 Å². The average Bonchev–Trinajstić information content (AvgIpc) is 2.28. The van der Waals surface area contributed by atoms with Crippen molar-refractivity contribution < 1.29 is 13.2 Å². The van der Waals surface area contributed by atoms with Gasteiger partial charge in [0, 0.05) is 25.9 Å². The molecule has 1 saturated heterocycles. The lowest BCUT2D eigenvalue weighted by atomic mass is 9.93. The van der Waals surface area contributed by atoms with Gasteiger partial charge in [-0.15, -0.1) is 0 Å². The quantitative estimate of drug-likeness (QED) is 0.732. The second-order valence-corrected chi connectivity index (χ2v) is 6.90. The zero-order valence-electron chi connectivity index (χ0n) is 10.8. The maximum absolute atomic E-state index is 11.4. The summed E-state index contributed by atoms with van der Waals surface area (Å²) in [5, 5.41) is 0. The summed E-state index contributed by atoms with van der Waals surface area (Å²) in [5.41, 5.74) is 0. The van der Waals surface area contributed by atoms with E-state index in [1.165, 1.54) is 6.26 Å². The fourth-order valence-electron chi connectivity index (χ4n) is 2.33. The highest BCUT2D eigenvalue weighted by Crippen LogP contribution is 2.23. The number of ketones is 1. The zero-order valence-corrected chi connectivity index (χ0v) is 11.6. The van der Waals surface area contributed by atoms with E-state index in [4.69, 9.17) is 0 Å². The molecule has 0 N–H and O–H groups in total.